The largest absolute Gasteiger partial charge is 0.497 e. The molecule has 0 saturated carbocycles. The van der Waals surface area contributed by atoms with Crippen LogP contribution in [0.3, 0.4) is 0 Å². The zero-order valence-corrected chi connectivity index (χ0v) is 16.4. The van der Waals surface area contributed by atoms with Gasteiger partial charge in [0.05, 0.1) is 13.7 Å². The Hall–Kier alpha value is -3.27. The first kappa shape index (κ1) is 19.5. The van der Waals surface area contributed by atoms with E-state index in [9.17, 15) is 4.79 Å². The second kappa shape index (κ2) is 9.60. The molecular formula is C24H26N2O2. The highest BCUT2D eigenvalue weighted by Gasteiger charge is 2.14. The number of methoxy groups -OCH3 is 1. The van der Waals surface area contributed by atoms with E-state index in [1.165, 1.54) is 0 Å². The number of nitrogens with zero attached hydrogens (tertiary/aromatic N) is 1. The van der Waals surface area contributed by atoms with Crippen LogP contribution in [0.4, 0.5) is 11.4 Å². The summed E-state index contributed by atoms with van der Waals surface area (Å²) < 4.78 is 5.26. The van der Waals surface area contributed by atoms with E-state index in [1.807, 2.05) is 66.7 Å². The first-order chi connectivity index (χ1) is 13.7. The Balaban J connectivity index is 1.78. The van der Waals surface area contributed by atoms with Crippen molar-refractivity contribution in [2.45, 2.75) is 19.9 Å². The number of amides is 1. The molecule has 144 valence electrons. The van der Waals surface area contributed by atoms with E-state index >= 15 is 0 Å². The Morgan fingerprint density at radius 1 is 0.929 bits per heavy atom. The Bertz CT molecular complexity index is 892. The lowest BCUT2D eigenvalue weighted by atomic mass is 10.1. The fourth-order valence-corrected chi connectivity index (χ4v) is 3.15. The van der Waals surface area contributed by atoms with Gasteiger partial charge < -0.3 is 15.0 Å². The molecule has 0 aliphatic carbocycles. The molecule has 0 bridgehead atoms. The highest BCUT2D eigenvalue weighted by atomic mass is 16.5. The zero-order valence-electron chi connectivity index (χ0n) is 16.4. The van der Waals surface area contributed by atoms with Crippen molar-refractivity contribution < 1.29 is 9.53 Å². The molecule has 3 aromatic rings. The average Bonchev–Trinajstić information content (AvgIpc) is 2.74. The normalized spacial score (nSPS) is 10.4. The van der Waals surface area contributed by atoms with Gasteiger partial charge in [0.2, 0.25) is 5.91 Å². The molecule has 28 heavy (non-hydrogen) atoms. The van der Waals surface area contributed by atoms with E-state index in [-0.39, 0.29) is 12.5 Å². The van der Waals surface area contributed by atoms with Crippen LogP contribution < -0.4 is 15.0 Å². The van der Waals surface area contributed by atoms with Crippen LogP contribution in [0.15, 0.2) is 78.9 Å². The number of hydrogen-bond acceptors (Lipinski definition) is 3. The molecule has 0 aromatic heterocycles. The van der Waals surface area contributed by atoms with E-state index in [0.717, 1.165) is 34.7 Å². The number of para-hydroxylation sites is 1. The van der Waals surface area contributed by atoms with E-state index < -0.39 is 0 Å². The Morgan fingerprint density at radius 2 is 1.61 bits per heavy atom. The number of carbonyl (C=O) groups is 1. The van der Waals surface area contributed by atoms with Crippen molar-refractivity contribution in [3.05, 3.63) is 90.0 Å². The van der Waals surface area contributed by atoms with Crippen LogP contribution in [0.5, 0.6) is 5.75 Å². The van der Waals surface area contributed by atoms with Gasteiger partial charge in [-0.1, -0.05) is 55.5 Å². The summed E-state index contributed by atoms with van der Waals surface area (Å²) in [7, 11) is 1.65. The Kier molecular flexibility index (Phi) is 6.68. The second-order valence-corrected chi connectivity index (χ2v) is 6.60. The summed E-state index contributed by atoms with van der Waals surface area (Å²) in [5.74, 6) is 0.761. The third kappa shape index (κ3) is 5.13. The maximum Gasteiger partial charge on any atom is 0.243 e. The van der Waals surface area contributed by atoms with Crippen molar-refractivity contribution in [3.8, 4) is 5.75 Å². The number of hydrogen-bond donors (Lipinski definition) is 1. The van der Waals surface area contributed by atoms with E-state index in [2.05, 4.69) is 29.3 Å². The number of nitrogens with one attached hydrogen (secondary N) is 1. The van der Waals surface area contributed by atoms with Crippen LogP contribution in [0.25, 0.3) is 0 Å². The number of rotatable bonds is 8. The Labute approximate surface area is 166 Å². The molecule has 3 rings (SSSR count). The van der Waals surface area contributed by atoms with Crippen LogP contribution in [0.2, 0.25) is 0 Å². The van der Waals surface area contributed by atoms with Gasteiger partial charge in [0, 0.05) is 17.9 Å². The lowest BCUT2D eigenvalue weighted by molar-refractivity contribution is -0.115. The third-order valence-electron chi connectivity index (χ3n) is 4.66. The molecule has 0 radical (unpaired) electrons. The lowest BCUT2D eigenvalue weighted by Crippen LogP contribution is -2.33. The molecule has 3 aromatic carbocycles. The minimum Gasteiger partial charge on any atom is -0.497 e. The molecule has 0 atom stereocenters. The molecule has 0 unspecified atom stereocenters. The third-order valence-corrected chi connectivity index (χ3v) is 4.66. The molecule has 1 amide bonds. The standard InChI is InChI=1S/C24H26N2O2/c1-3-20-11-7-8-12-23(20)25-24(27)18-26(17-19-9-5-4-6-10-19)21-13-15-22(28-2)16-14-21/h4-16H,3,17-18H2,1-2H3,(H,25,27). The van der Waals surface area contributed by atoms with Crippen molar-refractivity contribution in [3.63, 3.8) is 0 Å². The minimum atomic E-state index is -0.0346. The number of carbonyl (C=O) groups excluding carboxylic acids is 1. The fraction of sp³-hybridized carbons (Fsp3) is 0.208. The first-order valence-corrected chi connectivity index (χ1v) is 9.50. The quantitative estimate of drug-likeness (QED) is 0.609. The van der Waals surface area contributed by atoms with Crippen molar-refractivity contribution in [2.24, 2.45) is 0 Å². The smallest absolute Gasteiger partial charge is 0.243 e. The second-order valence-electron chi connectivity index (χ2n) is 6.60. The SMILES string of the molecule is CCc1ccccc1NC(=O)CN(Cc1ccccc1)c1ccc(OC)cc1. The van der Waals surface area contributed by atoms with E-state index in [4.69, 9.17) is 4.74 Å². The number of benzene rings is 3. The fourth-order valence-electron chi connectivity index (χ4n) is 3.15. The van der Waals surface area contributed by atoms with Crippen LogP contribution in [0.1, 0.15) is 18.1 Å². The molecule has 4 heteroatoms. The predicted octanol–water partition coefficient (Wildman–Crippen LogP) is 4.90. The van der Waals surface area contributed by atoms with Crippen molar-refractivity contribution in [1.82, 2.24) is 0 Å². The highest BCUT2D eigenvalue weighted by molar-refractivity contribution is 5.94. The van der Waals surface area contributed by atoms with Crippen molar-refractivity contribution in [1.29, 1.82) is 0 Å². The van der Waals surface area contributed by atoms with E-state index in [0.29, 0.717) is 6.54 Å². The lowest BCUT2D eigenvalue weighted by Gasteiger charge is -2.25. The van der Waals surface area contributed by atoms with Gasteiger partial charge in [-0.25, -0.2) is 0 Å². The molecule has 4 nitrogen and oxygen atoms in total. The topological polar surface area (TPSA) is 41.6 Å². The van der Waals surface area contributed by atoms with Crippen LogP contribution in [-0.2, 0) is 17.8 Å². The molecule has 0 heterocycles. The molecule has 1 N–H and O–H groups in total. The van der Waals surface area contributed by atoms with E-state index in [1.54, 1.807) is 7.11 Å². The first-order valence-electron chi connectivity index (χ1n) is 9.50. The van der Waals surface area contributed by atoms with Crippen LogP contribution in [-0.4, -0.2) is 19.6 Å². The molecule has 0 aliphatic heterocycles. The predicted molar refractivity (Wildman–Crippen MR) is 115 cm³/mol. The molecule has 0 saturated heterocycles. The van der Waals surface area contributed by atoms with Gasteiger partial charge in [0.15, 0.2) is 0 Å². The van der Waals surface area contributed by atoms with Gasteiger partial charge in [-0.15, -0.1) is 0 Å². The summed E-state index contributed by atoms with van der Waals surface area (Å²) in [6.45, 7) is 3.00. The summed E-state index contributed by atoms with van der Waals surface area (Å²) in [6.07, 6.45) is 0.878. The van der Waals surface area contributed by atoms with Gasteiger partial charge in [0.1, 0.15) is 5.75 Å². The Morgan fingerprint density at radius 3 is 2.29 bits per heavy atom. The molecule has 0 aliphatic rings. The van der Waals surface area contributed by atoms with Crippen molar-refractivity contribution in [2.75, 3.05) is 23.9 Å². The summed E-state index contributed by atoms with van der Waals surface area (Å²) >= 11 is 0. The molecule has 0 spiro atoms. The number of ether oxygens (including phenoxy) is 1. The number of aryl methyl sites for hydroxylation is 1. The summed E-state index contributed by atoms with van der Waals surface area (Å²) in [6, 6.07) is 25.9. The van der Waals surface area contributed by atoms with Gasteiger partial charge in [-0.05, 0) is 47.9 Å². The van der Waals surface area contributed by atoms with Gasteiger partial charge in [0.25, 0.3) is 0 Å². The number of anilines is 2. The van der Waals surface area contributed by atoms with Gasteiger partial charge >= 0.3 is 0 Å². The highest BCUT2D eigenvalue weighted by Crippen LogP contribution is 2.22. The minimum absolute atomic E-state index is 0.0346. The summed E-state index contributed by atoms with van der Waals surface area (Å²) in [5.41, 5.74) is 4.14. The average molecular weight is 374 g/mol. The summed E-state index contributed by atoms with van der Waals surface area (Å²) in [5, 5.41) is 3.06. The maximum absolute atomic E-state index is 12.8. The zero-order chi connectivity index (χ0) is 19.8. The summed E-state index contributed by atoms with van der Waals surface area (Å²) in [4.78, 5) is 14.9. The van der Waals surface area contributed by atoms with Gasteiger partial charge in [-0.2, -0.15) is 0 Å². The maximum atomic E-state index is 12.8. The van der Waals surface area contributed by atoms with Gasteiger partial charge in [-0.3, -0.25) is 4.79 Å². The van der Waals surface area contributed by atoms with Crippen LogP contribution >= 0.6 is 0 Å². The molecule has 0 fully saturated rings. The molecular weight excluding hydrogens is 348 g/mol. The van der Waals surface area contributed by atoms with Crippen LogP contribution in [0, 0.1) is 0 Å². The monoisotopic (exact) mass is 374 g/mol. The van der Waals surface area contributed by atoms with Crippen molar-refractivity contribution >= 4 is 17.3 Å².